The summed E-state index contributed by atoms with van der Waals surface area (Å²) in [6.07, 6.45) is 0.826. The molecule has 2 N–H and O–H groups in total. The summed E-state index contributed by atoms with van der Waals surface area (Å²) in [7, 11) is 0. The Kier molecular flexibility index (Phi) is 9.52. The van der Waals surface area contributed by atoms with E-state index < -0.39 is 29.1 Å². The highest BCUT2D eigenvalue weighted by Gasteiger charge is 2.56. The fourth-order valence-corrected chi connectivity index (χ4v) is 6.02. The molecule has 5 atom stereocenters. The van der Waals surface area contributed by atoms with Crippen LogP contribution in [0.25, 0.3) is 0 Å². The van der Waals surface area contributed by atoms with Gasteiger partial charge in [-0.05, 0) is 73.9 Å². The molecule has 1 aliphatic heterocycles. The molecular weight excluding hydrogens is 531 g/mol. The Morgan fingerprint density at radius 2 is 1.62 bits per heavy atom. The number of hydrogen-bond donors (Lipinski definition) is 2. The Labute approximate surface area is 244 Å². The van der Waals surface area contributed by atoms with Gasteiger partial charge in [-0.15, -0.1) is 0 Å². The van der Waals surface area contributed by atoms with Crippen molar-refractivity contribution < 1.29 is 14.3 Å². The third-order valence-electron chi connectivity index (χ3n) is 7.48. The van der Waals surface area contributed by atoms with Gasteiger partial charge < -0.3 is 15.4 Å². The lowest BCUT2D eigenvalue weighted by molar-refractivity contribution is -0.160. The number of amides is 1. The van der Waals surface area contributed by atoms with E-state index in [4.69, 9.17) is 27.9 Å². The lowest BCUT2D eigenvalue weighted by Gasteiger charge is -2.40. The van der Waals surface area contributed by atoms with Gasteiger partial charge in [0.15, 0.2) is 0 Å². The Morgan fingerprint density at radius 3 is 2.13 bits per heavy atom. The standard InChI is InChI=1S/C32H44Cl2N2O3/c1-19(2)26(29(38)39-31(6,7)8)36-28(37)27-25(20-11-10-12-23(34)17-20)32(9,21-13-15-22(33)16-14-21)24(35-27)18-30(3,4)5/h10-17,19,24-27,35H,18H2,1-9H3,(H,36,37). The molecule has 5 nitrogen and oxygen atoms in total. The van der Waals surface area contributed by atoms with Crippen molar-refractivity contribution in [2.45, 2.75) is 104 Å². The van der Waals surface area contributed by atoms with Gasteiger partial charge in [0, 0.05) is 27.4 Å². The maximum Gasteiger partial charge on any atom is 0.329 e. The second-order valence-corrected chi connectivity index (χ2v) is 14.4. The molecular formula is C32H44Cl2N2O3. The van der Waals surface area contributed by atoms with Crippen molar-refractivity contribution in [2.75, 3.05) is 0 Å². The lowest BCUT2D eigenvalue weighted by atomic mass is 9.63. The van der Waals surface area contributed by atoms with Crippen LogP contribution in [0.5, 0.6) is 0 Å². The Morgan fingerprint density at radius 1 is 1.00 bits per heavy atom. The van der Waals surface area contributed by atoms with Crippen LogP contribution in [-0.2, 0) is 19.7 Å². The summed E-state index contributed by atoms with van der Waals surface area (Å²) in [4.78, 5) is 27.2. The molecule has 0 bridgehead atoms. The third kappa shape index (κ3) is 7.56. The predicted molar refractivity (Wildman–Crippen MR) is 160 cm³/mol. The maximum absolute atomic E-state index is 14.1. The van der Waals surface area contributed by atoms with E-state index in [0.29, 0.717) is 10.0 Å². The van der Waals surface area contributed by atoms with Crippen LogP contribution >= 0.6 is 23.2 Å². The van der Waals surface area contributed by atoms with Crippen molar-refractivity contribution in [1.82, 2.24) is 10.6 Å². The highest BCUT2D eigenvalue weighted by molar-refractivity contribution is 6.30. The molecule has 3 rings (SSSR count). The largest absolute Gasteiger partial charge is 0.458 e. The fourth-order valence-electron chi connectivity index (χ4n) is 5.69. The molecule has 1 saturated heterocycles. The van der Waals surface area contributed by atoms with Crippen LogP contribution in [0.1, 0.15) is 85.8 Å². The van der Waals surface area contributed by atoms with Gasteiger partial charge in [0.05, 0.1) is 6.04 Å². The van der Waals surface area contributed by atoms with Gasteiger partial charge in [-0.2, -0.15) is 0 Å². The summed E-state index contributed by atoms with van der Waals surface area (Å²) >= 11 is 12.8. The van der Waals surface area contributed by atoms with Gasteiger partial charge in [-0.1, -0.05) is 89.0 Å². The molecule has 1 fully saturated rings. The number of rotatable bonds is 7. The zero-order valence-electron chi connectivity index (χ0n) is 24.7. The fraction of sp³-hybridized carbons (Fsp3) is 0.562. The molecule has 0 spiro atoms. The van der Waals surface area contributed by atoms with Crippen molar-refractivity contribution in [3.63, 3.8) is 0 Å². The molecule has 0 aromatic heterocycles. The first-order valence-electron chi connectivity index (χ1n) is 13.7. The molecule has 0 saturated carbocycles. The Bertz CT molecular complexity index is 1170. The van der Waals surface area contributed by atoms with Gasteiger partial charge in [0.25, 0.3) is 0 Å². The lowest BCUT2D eigenvalue weighted by Crippen LogP contribution is -2.53. The van der Waals surface area contributed by atoms with Crippen LogP contribution in [0.4, 0.5) is 0 Å². The van der Waals surface area contributed by atoms with Crippen LogP contribution in [-0.4, -0.2) is 35.6 Å². The minimum Gasteiger partial charge on any atom is -0.458 e. The van der Waals surface area contributed by atoms with Gasteiger partial charge in [-0.3, -0.25) is 4.79 Å². The predicted octanol–water partition coefficient (Wildman–Crippen LogP) is 7.29. The SMILES string of the molecule is CC(C)C(NC(=O)C1NC(CC(C)(C)C)C(C)(c2ccc(Cl)cc2)C1c1cccc(Cl)c1)C(=O)OC(C)(C)C. The van der Waals surface area contributed by atoms with E-state index in [1.54, 1.807) is 0 Å². The summed E-state index contributed by atoms with van der Waals surface area (Å²) in [5.41, 5.74) is 0.898. The normalized spacial score (nSPS) is 24.5. The molecule has 1 amide bonds. The number of carbonyl (C=O) groups excluding carboxylic acids is 2. The van der Waals surface area contributed by atoms with Crippen LogP contribution in [0.2, 0.25) is 10.0 Å². The number of ether oxygens (including phenoxy) is 1. The van der Waals surface area contributed by atoms with E-state index in [2.05, 4.69) is 50.5 Å². The summed E-state index contributed by atoms with van der Waals surface area (Å²) < 4.78 is 5.66. The van der Waals surface area contributed by atoms with E-state index in [1.807, 2.05) is 71.0 Å². The highest BCUT2D eigenvalue weighted by atomic mass is 35.5. The molecule has 1 aliphatic rings. The number of nitrogens with one attached hydrogen (secondary N) is 2. The molecule has 2 aromatic carbocycles. The zero-order valence-corrected chi connectivity index (χ0v) is 26.2. The van der Waals surface area contributed by atoms with Crippen molar-refractivity contribution in [1.29, 1.82) is 0 Å². The number of esters is 1. The average molecular weight is 576 g/mol. The van der Waals surface area contributed by atoms with Gasteiger partial charge >= 0.3 is 5.97 Å². The van der Waals surface area contributed by atoms with Crippen LogP contribution in [0.3, 0.4) is 0 Å². The molecule has 7 heteroatoms. The Hall–Kier alpha value is -2.08. The second kappa shape index (κ2) is 11.8. The average Bonchev–Trinajstić information content (AvgIpc) is 3.08. The summed E-state index contributed by atoms with van der Waals surface area (Å²) in [5, 5.41) is 8.03. The number of carbonyl (C=O) groups is 2. The van der Waals surface area contributed by atoms with Crippen LogP contribution in [0, 0.1) is 11.3 Å². The molecule has 0 radical (unpaired) electrons. The molecule has 39 heavy (non-hydrogen) atoms. The first-order valence-corrected chi connectivity index (χ1v) is 14.5. The summed E-state index contributed by atoms with van der Waals surface area (Å²) in [5.74, 6) is -1.09. The minimum absolute atomic E-state index is 0.00736. The minimum atomic E-state index is -0.776. The summed E-state index contributed by atoms with van der Waals surface area (Å²) in [6, 6.07) is 14.2. The van der Waals surface area contributed by atoms with E-state index >= 15 is 0 Å². The topological polar surface area (TPSA) is 67.4 Å². The van der Waals surface area contributed by atoms with Crippen LogP contribution < -0.4 is 10.6 Å². The first-order chi connectivity index (χ1) is 17.9. The first kappa shape index (κ1) is 31.4. The van der Waals surface area contributed by atoms with Crippen molar-refractivity contribution in [3.05, 3.63) is 69.7 Å². The highest BCUT2D eigenvalue weighted by Crippen LogP contribution is 2.51. The van der Waals surface area contributed by atoms with E-state index in [1.165, 1.54) is 0 Å². The van der Waals surface area contributed by atoms with Crippen molar-refractivity contribution >= 4 is 35.1 Å². The Balaban J connectivity index is 2.12. The smallest absolute Gasteiger partial charge is 0.329 e. The van der Waals surface area contributed by atoms with Crippen molar-refractivity contribution in [2.24, 2.45) is 11.3 Å². The van der Waals surface area contributed by atoms with Gasteiger partial charge in [-0.25, -0.2) is 4.79 Å². The molecule has 0 aliphatic carbocycles. The number of hydrogen-bond acceptors (Lipinski definition) is 4. The second-order valence-electron chi connectivity index (χ2n) is 13.5. The molecule has 2 aromatic rings. The monoisotopic (exact) mass is 574 g/mol. The molecule has 214 valence electrons. The number of halogens is 2. The van der Waals surface area contributed by atoms with E-state index in [-0.39, 0.29) is 29.2 Å². The zero-order chi connectivity index (χ0) is 29.3. The summed E-state index contributed by atoms with van der Waals surface area (Å²) in [6.45, 7) is 18.1. The maximum atomic E-state index is 14.1. The van der Waals surface area contributed by atoms with Gasteiger partial charge in [0.1, 0.15) is 11.6 Å². The molecule has 5 unspecified atom stereocenters. The molecule has 1 heterocycles. The van der Waals surface area contributed by atoms with Crippen molar-refractivity contribution in [3.8, 4) is 0 Å². The quantitative estimate of drug-likeness (QED) is 0.340. The van der Waals surface area contributed by atoms with E-state index in [9.17, 15) is 9.59 Å². The van der Waals surface area contributed by atoms with Crippen LogP contribution in [0.15, 0.2) is 48.5 Å². The van der Waals surface area contributed by atoms with Gasteiger partial charge in [0.2, 0.25) is 5.91 Å². The number of benzene rings is 2. The van der Waals surface area contributed by atoms with E-state index in [0.717, 1.165) is 17.5 Å². The third-order valence-corrected chi connectivity index (χ3v) is 7.97.